The van der Waals surface area contributed by atoms with Crippen LogP contribution in [0.4, 0.5) is 22.4 Å². The van der Waals surface area contributed by atoms with E-state index in [0.29, 0.717) is 0 Å². The summed E-state index contributed by atoms with van der Waals surface area (Å²) < 4.78 is 49.3. The molecule has 0 aromatic heterocycles. The average molecular weight is 315 g/mol. The summed E-state index contributed by atoms with van der Waals surface area (Å²) in [4.78, 5) is 34.5. The molecule has 3 N–H and O–H groups in total. The summed E-state index contributed by atoms with van der Waals surface area (Å²) in [5.74, 6) is -6.53. The number of nitrogens with zero attached hydrogens (tertiary/aromatic N) is 1. The molecule has 1 saturated heterocycles. The highest BCUT2D eigenvalue weighted by molar-refractivity contribution is 5.91. The van der Waals surface area contributed by atoms with Crippen LogP contribution in [0.25, 0.3) is 0 Å². The Bertz CT molecular complexity index is 433. The SMILES string of the molecule is O=C(O)CC1C(=O)NCCN1C(=O)NCC(F)(F)C(F)F. The van der Waals surface area contributed by atoms with Gasteiger partial charge in [0.25, 0.3) is 0 Å². The molecule has 1 aliphatic heterocycles. The molecule has 21 heavy (non-hydrogen) atoms. The number of aliphatic carboxylic acids is 1. The zero-order chi connectivity index (χ0) is 16.2. The number of hydrogen-bond acceptors (Lipinski definition) is 3. The van der Waals surface area contributed by atoms with E-state index in [2.05, 4.69) is 5.32 Å². The van der Waals surface area contributed by atoms with Gasteiger partial charge < -0.3 is 20.6 Å². The maximum absolute atomic E-state index is 12.7. The number of carboxylic acid groups (broad SMARTS) is 1. The van der Waals surface area contributed by atoms with E-state index in [1.807, 2.05) is 0 Å². The summed E-state index contributed by atoms with van der Waals surface area (Å²) in [6.45, 7) is -1.72. The molecule has 1 rings (SSSR count). The molecule has 7 nitrogen and oxygen atoms in total. The van der Waals surface area contributed by atoms with Gasteiger partial charge in [0.05, 0.1) is 13.0 Å². The molecule has 1 atom stereocenters. The number of carbonyl (C=O) groups is 3. The number of piperazine rings is 1. The monoisotopic (exact) mass is 315 g/mol. The first-order chi connectivity index (χ1) is 9.65. The second-order valence-corrected chi connectivity index (χ2v) is 4.32. The molecule has 1 fully saturated rings. The maximum Gasteiger partial charge on any atom is 0.324 e. The molecular weight excluding hydrogens is 302 g/mol. The summed E-state index contributed by atoms with van der Waals surface area (Å²) in [5.41, 5.74) is 0. The Balaban J connectivity index is 2.69. The van der Waals surface area contributed by atoms with E-state index in [9.17, 15) is 31.9 Å². The summed E-state index contributed by atoms with van der Waals surface area (Å²) in [6, 6.07) is -2.58. The van der Waals surface area contributed by atoms with Crippen molar-refractivity contribution in [3.8, 4) is 0 Å². The van der Waals surface area contributed by atoms with Gasteiger partial charge in [-0.25, -0.2) is 13.6 Å². The van der Waals surface area contributed by atoms with Gasteiger partial charge >= 0.3 is 24.3 Å². The Hall–Kier alpha value is -2.07. The topological polar surface area (TPSA) is 98.7 Å². The number of carboxylic acids is 1. The van der Waals surface area contributed by atoms with Crippen molar-refractivity contribution in [2.24, 2.45) is 0 Å². The Morgan fingerprint density at radius 3 is 2.62 bits per heavy atom. The van der Waals surface area contributed by atoms with Crippen molar-refractivity contribution in [2.75, 3.05) is 19.6 Å². The number of halogens is 4. The molecule has 120 valence electrons. The van der Waals surface area contributed by atoms with Crippen LogP contribution in [0.3, 0.4) is 0 Å². The lowest BCUT2D eigenvalue weighted by Gasteiger charge is -2.34. The number of amides is 3. The molecule has 0 aromatic rings. The van der Waals surface area contributed by atoms with E-state index >= 15 is 0 Å². The fourth-order valence-corrected chi connectivity index (χ4v) is 1.70. The molecule has 0 saturated carbocycles. The van der Waals surface area contributed by atoms with Crippen molar-refractivity contribution < 1.29 is 37.1 Å². The highest BCUT2D eigenvalue weighted by Crippen LogP contribution is 2.21. The van der Waals surface area contributed by atoms with Crippen LogP contribution in [0.5, 0.6) is 0 Å². The minimum absolute atomic E-state index is 0.00755. The van der Waals surface area contributed by atoms with E-state index in [1.54, 1.807) is 5.32 Å². The third kappa shape index (κ3) is 4.46. The summed E-state index contributed by atoms with van der Waals surface area (Å²) in [7, 11) is 0. The van der Waals surface area contributed by atoms with Crippen LogP contribution in [0, 0.1) is 0 Å². The van der Waals surface area contributed by atoms with Crippen LogP contribution in [0.2, 0.25) is 0 Å². The van der Waals surface area contributed by atoms with Gasteiger partial charge in [-0.2, -0.15) is 8.78 Å². The van der Waals surface area contributed by atoms with Gasteiger partial charge in [-0.05, 0) is 0 Å². The molecule has 0 aromatic carbocycles. The Kier molecular flexibility index (Phi) is 5.33. The van der Waals surface area contributed by atoms with Gasteiger partial charge in [0.15, 0.2) is 0 Å². The first kappa shape index (κ1) is 17.0. The predicted octanol–water partition coefficient (Wildman–Crippen LogP) is -0.129. The average Bonchev–Trinajstić information content (AvgIpc) is 2.37. The number of carbonyl (C=O) groups excluding carboxylic acids is 2. The number of alkyl halides is 4. The van der Waals surface area contributed by atoms with Crippen molar-refractivity contribution in [2.45, 2.75) is 24.8 Å². The minimum Gasteiger partial charge on any atom is -0.481 e. The van der Waals surface area contributed by atoms with Crippen molar-refractivity contribution in [3.05, 3.63) is 0 Å². The largest absolute Gasteiger partial charge is 0.481 e. The summed E-state index contributed by atoms with van der Waals surface area (Å²) in [5, 5.41) is 12.6. The lowest BCUT2D eigenvalue weighted by Crippen LogP contribution is -2.60. The van der Waals surface area contributed by atoms with Crippen molar-refractivity contribution in [1.82, 2.24) is 15.5 Å². The number of hydrogen-bond donors (Lipinski definition) is 3. The van der Waals surface area contributed by atoms with E-state index in [-0.39, 0.29) is 13.1 Å². The number of urea groups is 1. The molecule has 1 heterocycles. The van der Waals surface area contributed by atoms with Crippen LogP contribution in [0.15, 0.2) is 0 Å². The van der Waals surface area contributed by atoms with E-state index in [4.69, 9.17) is 5.11 Å². The molecule has 0 spiro atoms. The molecule has 11 heteroatoms. The van der Waals surface area contributed by atoms with E-state index < -0.39 is 49.3 Å². The van der Waals surface area contributed by atoms with Gasteiger partial charge in [0.1, 0.15) is 6.04 Å². The fraction of sp³-hybridized carbons (Fsp3) is 0.700. The molecule has 0 bridgehead atoms. The molecule has 1 aliphatic rings. The molecule has 1 unspecified atom stereocenters. The lowest BCUT2D eigenvalue weighted by atomic mass is 10.1. The zero-order valence-corrected chi connectivity index (χ0v) is 10.6. The quantitative estimate of drug-likeness (QED) is 0.616. The van der Waals surface area contributed by atoms with Crippen LogP contribution < -0.4 is 10.6 Å². The van der Waals surface area contributed by atoms with Gasteiger partial charge in [-0.3, -0.25) is 9.59 Å². The van der Waals surface area contributed by atoms with Crippen LogP contribution in [-0.4, -0.2) is 65.9 Å². The van der Waals surface area contributed by atoms with Gasteiger partial charge in [0.2, 0.25) is 5.91 Å². The normalized spacial score (nSPS) is 19.4. The number of nitrogens with one attached hydrogen (secondary N) is 2. The van der Waals surface area contributed by atoms with Crippen molar-refractivity contribution in [1.29, 1.82) is 0 Å². The van der Waals surface area contributed by atoms with Gasteiger partial charge in [-0.15, -0.1) is 0 Å². The third-order valence-corrected chi connectivity index (χ3v) is 2.75. The number of rotatable bonds is 5. The van der Waals surface area contributed by atoms with Crippen molar-refractivity contribution >= 4 is 17.9 Å². The van der Waals surface area contributed by atoms with E-state index in [0.717, 1.165) is 4.90 Å². The van der Waals surface area contributed by atoms with Gasteiger partial charge in [-0.1, -0.05) is 0 Å². The highest BCUT2D eigenvalue weighted by Gasteiger charge is 2.42. The second-order valence-electron chi connectivity index (χ2n) is 4.32. The van der Waals surface area contributed by atoms with Gasteiger partial charge in [0, 0.05) is 13.1 Å². The molecule has 0 aliphatic carbocycles. The molecular formula is C10H13F4N3O4. The van der Waals surface area contributed by atoms with Crippen LogP contribution in [-0.2, 0) is 9.59 Å². The fourth-order valence-electron chi connectivity index (χ4n) is 1.70. The predicted molar refractivity (Wildman–Crippen MR) is 60.1 cm³/mol. The Labute approximate surface area is 116 Å². The standard InChI is InChI=1S/C10H13F4N3O4/c11-8(12)10(13,14)4-16-9(21)17-2-1-15-7(20)5(17)3-6(18)19/h5,8H,1-4H2,(H,15,20)(H,16,21)(H,18,19). The maximum atomic E-state index is 12.7. The van der Waals surface area contributed by atoms with Crippen LogP contribution in [0.1, 0.15) is 6.42 Å². The highest BCUT2D eigenvalue weighted by atomic mass is 19.3. The minimum atomic E-state index is -4.41. The third-order valence-electron chi connectivity index (χ3n) is 2.75. The summed E-state index contributed by atoms with van der Waals surface area (Å²) in [6.07, 6.45) is -4.66. The molecule has 3 amide bonds. The first-order valence-electron chi connectivity index (χ1n) is 5.85. The van der Waals surface area contributed by atoms with E-state index in [1.165, 1.54) is 0 Å². The van der Waals surface area contributed by atoms with Crippen LogP contribution >= 0.6 is 0 Å². The summed E-state index contributed by atoms with van der Waals surface area (Å²) >= 11 is 0. The smallest absolute Gasteiger partial charge is 0.324 e. The Morgan fingerprint density at radius 2 is 2.10 bits per heavy atom. The zero-order valence-electron chi connectivity index (χ0n) is 10.6. The molecule has 0 radical (unpaired) electrons. The lowest BCUT2D eigenvalue weighted by molar-refractivity contribution is -0.142. The second kappa shape index (κ2) is 6.59. The first-order valence-corrected chi connectivity index (χ1v) is 5.85. The van der Waals surface area contributed by atoms with Crippen molar-refractivity contribution in [3.63, 3.8) is 0 Å². The Morgan fingerprint density at radius 1 is 1.48 bits per heavy atom.